The van der Waals surface area contributed by atoms with E-state index in [0.29, 0.717) is 17.8 Å². The summed E-state index contributed by atoms with van der Waals surface area (Å²) in [5, 5.41) is 15.2. The maximum absolute atomic E-state index is 14.1. The Hall–Kier alpha value is -1.78. The SMILES string of the molecule is Cc1nn(C/C(F)=C/CN)c(C(C)(C)O)c1Cc1ccc(S(=O)(=O)N(C)C)c(Cl)c1. The third-order valence-corrected chi connectivity index (χ3v) is 6.90. The lowest BCUT2D eigenvalue weighted by Gasteiger charge is -2.21. The number of allylic oxidation sites excluding steroid dienone is 1. The lowest BCUT2D eigenvalue weighted by atomic mass is 9.95. The quantitative estimate of drug-likeness (QED) is 0.633. The summed E-state index contributed by atoms with van der Waals surface area (Å²) in [5.41, 5.74) is 6.66. The van der Waals surface area contributed by atoms with Gasteiger partial charge in [0.1, 0.15) is 16.3 Å². The van der Waals surface area contributed by atoms with Crippen LogP contribution in [0.2, 0.25) is 5.02 Å². The first-order valence-corrected chi connectivity index (χ1v) is 11.2. The van der Waals surface area contributed by atoms with Crippen molar-refractivity contribution in [2.75, 3.05) is 20.6 Å². The fourth-order valence-electron chi connectivity index (χ4n) is 3.23. The number of nitrogens with zero attached hydrogens (tertiary/aromatic N) is 3. The molecule has 0 aliphatic carbocycles. The number of rotatable bonds is 8. The molecule has 0 unspecified atom stereocenters. The fourth-order valence-corrected chi connectivity index (χ4v) is 4.66. The number of aryl methyl sites for hydroxylation is 1. The molecule has 0 fully saturated rings. The maximum atomic E-state index is 14.1. The Bertz CT molecular complexity index is 1060. The summed E-state index contributed by atoms with van der Waals surface area (Å²) in [5.74, 6) is -0.446. The Morgan fingerprint density at radius 1 is 1.40 bits per heavy atom. The molecule has 1 heterocycles. The van der Waals surface area contributed by atoms with Gasteiger partial charge in [0.2, 0.25) is 10.0 Å². The average molecular weight is 459 g/mol. The molecule has 0 saturated carbocycles. The third kappa shape index (κ3) is 5.28. The first-order chi connectivity index (χ1) is 13.8. The van der Waals surface area contributed by atoms with Crippen LogP contribution < -0.4 is 5.73 Å². The van der Waals surface area contributed by atoms with Gasteiger partial charge in [-0.2, -0.15) is 5.10 Å². The van der Waals surface area contributed by atoms with Crippen molar-refractivity contribution < 1.29 is 17.9 Å². The Labute approximate surface area is 182 Å². The second-order valence-electron chi connectivity index (χ2n) is 7.74. The molecule has 0 bridgehead atoms. The molecule has 1 aromatic carbocycles. The minimum absolute atomic E-state index is 0.0158. The highest BCUT2D eigenvalue weighted by Gasteiger charge is 2.29. The molecule has 1 aromatic heterocycles. The number of hydrogen-bond donors (Lipinski definition) is 2. The number of nitrogens with two attached hydrogens (primary N) is 1. The van der Waals surface area contributed by atoms with E-state index in [-0.39, 0.29) is 23.0 Å². The minimum Gasteiger partial charge on any atom is -0.384 e. The third-order valence-electron chi connectivity index (χ3n) is 4.61. The molecule has 0 radical (unpaired) electrons. The van der Waals surface area contributed by atoms with E-state index in [0.717, 1.165) is 15.4 Å². The standard InChI is InChI=1S/C20H28ClFN4O3S/c1-13-16(19(20(2,3)27)26(24-13)12-15(22)8-9-23)10-14-6-7-18(17(21)11-14)30(28,29)25(4)5/h6-8,11,27H,9-10,12,23H2,1-5H3/b15-8-. The Balaban J connectivity index is 2.50. The molecule has 2 rings (SSSR count). The van der Waals surface area contributed by atoms with Gasteiger partial charge in [0.05, 0.1) is 23.0 Å². The monoisotopic (exact) mass is 458 g/mol. The largest absolute Gasteiger partial charge is 0.384 e. The lowest BCUT2D eigenvalue weighted by Crippen LogP contribution is -2.24. The van der Waals surface area contributed by atoms with Crippen molar-refractivity contribution >= 4 is 21.6 Å². The van der Waals surface area contributed by atoms with E-state index < -0.39 is 21.5 Å². The number of hydrogen-bond acceptors (Lipinski definition) is 5. The van der Waals surface area contributed by atoms with Gasteiger partial charge in [-0.3, -0.25) is 4.68 Å². The smallest absolute Gasteiger partial charge is 0.244 e. The van der Waals surface area contributed by atoms with Crippen LogP contribution in [0.25, 0.3) is 0 Å². The number of benzene rings is 1. The van der Waals surface area contributed by atoms with E-state index in [1.807, 2.05) is 0 Å². The summed E-state index contributed by atoms with van der Waals surface area (Å²) in [4.78, 5) is 0.0158. The number of halogens is 2. The highest BCUT2D eigenvalue weighted by molar-refractivity contribution is 7.89. The molecule has 0 aliphatic heterocycles. The van der Waals surface area contributed by atoms with E-state index in [1.54, 1.807) is 32.9 Å². The molecule has 2 aromatic rings. The number of aromatic nitrogens is 2. The molecule has 7 nitrogen and oxygen atoms in total. The lowest BCUT2D eigenvalue weighted by molar-refractivity contribution is 0.0676. The van der Waals surface area contributed by atoms with Gasteiger partial charge in [0.25, 0.3) is 0 Å². The van der Waals surface area contributed by atoms with Gasteiger partial charge in [-0.1, -0.05) is 17.7 Å². The molecule has 3 N–H and O–H groups in total. The van der Waals surface area contributed by atoms with Crippen molar-refractivity contribution in [3.8, 4) is 0 Å². The second kappa shape index (κ2) is 9.15. The van der Waals surface area contributed by atoms with Crippen molar-refractivity contribution in [3.63, 3.8) is 0 Å². The van der Waals surface area contributed by atoms with Crippen molar-refractivity contribution in [2.24, 2.45) is 5.73 Å². The van der Waals surface area contributed by atoms with Crippen molar-refractivity contribution in [1.29, 1.82) is 0 Å². The van der Waals surface area contributed by atoms with Crippen molar-refractivity contribution in [2.45, 2.75) is 44.2 Å². The Morgan fingerprint density at radius 2 is 2.03 bits per heavy atom. The van der Waals surface area contributed by atoms with E-state index >= 15 is 0 Å². The van der Waals surface area contributed by atoms with Gasteiger partial charge >= 0.3 is 0 Å². The van der Waals surface area contributed by atoms with Gasteiger partial charge in [0.15, 0.2) is 0 Å². The molecule has 0 atom stereocenters. The zero-order chi connectivity index (χ0) is 22.9. The Morgan fingerprint density at radius 3 is 2.53 bits per heavy atom. The highest BCUT2D eigenvalue weighted by atomic mass is 35.5. The number of sulfonamides is 1. The molecule has 0 aliphatic rings. The average Bonchev–Trinajstić information content (AvgIpc) is 2.89. The zero-order valence-electron chi connectivity index (χ0n) is 17.8. The van der Waals surface area contributed by atoms with Crippen LogP contribution >= 0.6 is 11.6 Å². The van der Waals surface area contributed by atoms with E-state index in [1.165, 1.54) is 30.9 Å². The van der Waals surface area contributed by atoms with Crippen LogP contribution in [-0.2, 0) is 28.6 Å². The van der Waals surface area contributed by atoms with Gasteiger partial charge < -0.3 is 10.8 Å². The summed E-state index contributed by atoms with van der Waals surface area (Å²) in [7, 11) is -0.793. The summed E-state index contributed by atoms with van der Waals surface area (Å²) >= 11 is 6.26. The molecule has 0 saturated heterocycles. The van der Waals surface area contributed by atoms with Gasteiger partial charge in [-0.05, 0) is 44.5 Å². The van der Waals surface area contributed by atoms with E-state index in [9.17, 15) is 17.9 Å². The van der Waals surface area contributed by atoms with Crippen LogP contribution in [0.4, 0.5) is 4.39 Å². The normalized spacial score (nSPS) is 13.3. The summed E-state index contributed by atoms with van der Waals surface area (Å²) in [6.45, 7) is 4.91. The molecule has 0 spiro atoms. The van der Waals surface area contributed by atoms with Crippen molar-refractivity contribution in [1.82, 2.24) is 14.1 Å². The minimum atomic E-state index is -3.66. The molecule has 0 amide bonds. The number of aliphatic hydroxyl groups is 1. The van der Waals surface area contributed by atoms with Crippen LogP contribution in [-0.4, -0.2) is 48.3 Å². The van der Waals surface area contributed by atoms with E-state index in [4.69, 9.17) is 17.3 Å². The first kappa shape index (κ1) is 24.5. The van der Waals surface area contributed by atoms with Crippen LogP contribution in [0, 0.1) is 6.92 Å². The molecule has 166 valence electrons. The predicted octanol–water partition coefficient (Wildman–Crippen LogP) is 2.73. The summed E-state index contributed by atoms with van der Waals surface area (Å²) < 4.78 is 41.3. The topological polar surface area (TPSA) is 101 Å². The van der Waals surface area contributed by atoms with Crippen LogP contribution in [0.15, 0.2) is 35.0 Å². The molecular weight excluding hydrogens is 431 g/mol. The summed E-state index contributed by atoms with van der Waals surface area (Å²) in [6.07, 6.45) is 1.60. The Kier molecular flexibility index (Phi) is 7.47. The fraction of sp³-hybridized carbons (Fsp3) is 0.450. The van der Waals surface area contributed by atoms with E-state index in [2.05, 4.69) is 5.10 Å². The van der Waals surface area contributed by atoms with Crippen LogP contribution in [0.3, 0.4) is 0 Å². The maximum Gasteiger partial charge on any atom is 0.244 e. The molecule has 30 heavy (non-hydrogen) atoms. The van der Waals surface area contributed by atoms with Gasteiger partial charge in [-0.15, -0.1) is 0 Å². The molecular formula is C20H28ClFN4O3S. The van der Waals surface area contributed by atoms with Crippen LogP contribution in [0.1, 0.15) is 36.4 Å². The van der Waals surface area contributed by atoms with Gasteiger partial charge in [0, 0.05) is 32.6 Å². The molecule has 10 heteroatoms. The predicted molar refractivity (Wildman–Crippen MR) is 116 cm³/mol. The highest BCUT2D eigenvalue weighted by Crippen LogP contribution is 2.31. The summed E-state index contributed by atoms with van der Waals surface area (Å²) in [6, 6.07) is 4.71. The first-order valence-electron chi connectivity index (χ1n) is 9.33. The van der Waals surface area contributed by atoms with Gasteiger partial charge in [-0.25, -0.2) is 17.1 Å². The second-order valence-corrected chi connectivity index (χ2v) is 10.3. The zero-order valence-corrected chi connectivity index (χ0v) is 19.4. The van der Waals surface area contributed by atoms with Crippen molar-refractivity contribution in [3.05, 3.63) is 57.6 Å². The van der Waals surface area contributed by atoms with Crippen LogP contribution in [0.5, 0.6) is 0 Å².